The van der Waals surface area contributed by atoms with E-state index in [1.807, 2.05) is 0 Å². The molecular weight excluding hydrogens is 246 g/mol. The molecule has 1 fully saturated rings. The Labute approximate surface area is 101 Å². The van der Waals surface area contributed by atoms with E-state index in [0.29, 0.717) is 6.07 Å². The van der Waals surface area contributed by atoms with E-state index < -0.39 is 29.8 Å². The highest BCUT2D eigenvalue weighted by Gasteiger charge is 2.34. The Bertz CT molecular complexity index is 487. The molecule has 0 saturated carbocycles. The van der Waals surface area contributed by atoms with Crippen LogP contribution >= 0.6 is 0 Å². The molecule has 2 amide bonds. The van der Waals surface area contributed by atoms with Crippen LogP contribution in [0.25, 0.3) is 0 Å². The molecule has 1 aliphatic rings. The van der Waals surface area contributed by atoms with Gasteiger partial charge in [-0.2, -0.15) is 0 Å². The molecule has 0 radical (unpaired) electrons. The summed E-state index contributed by atoms with van der Waals surface area (Å²) in [6.45, 7) is 0. The first kappa shape index (κ1) is 12.3. The minimum absolute atomic E-state index is 0.0604. The first-order valence-corrected chi connectivity index (χ1v) is 5.20. The molecule has 1 saturated heterocycles. The Morgan fingerprint density at radius 1 is 1.33 bits per heavy atom. The van der Waals surface area contributed by atoms with Gasteiger partial charge in [0, 0.05) is 12.5 Å². The Morgan fingerprint density at radius 2 is 1.94 bits per heavy atom. The summed E-state index contributed by atoms with van der Waals surface area (Å²) < 4.78 is 26.2. The summed E-state index contributed by atoms with van der Waals surface area (Å²) in [6, 6.07) is 1.33. The predicted octanol–water partition coefficient (Wildman–Crippen LogP) is 1.16. The average Bonchev–Trinajstić information content (AvgIpc) is 2.56. The molecule has 7 heteroatoms. The molecule has 96 valence electrons. The monoisotopic (exact) mass is 256 g/mol. The van der Waals surface area contributed by atoms with Crippen molar-refractivity contribution in [3.63, 3.8) is 0 Å². The van der Waals surface area contributed by atoms with Crippen molar-refractivity contribution in [2.24, 2.45) is 0 Å². The van der Waals surface area contributed by atoms with Crippen LogP contribution in [0.1, 0.15) is 18.0 Å². The van der Waals surface area contributed by atoms with Crippen LogP contribution in [-0.4, -0.2) is 23.1 Å². The van der Waals surface area contributed by atoms with Gasteiger partial charge in [-0.1, -0.05) is 0 Å². The summed E-state index contributed by atoms with van der Waals surface area (Å²) in [5.74, 6) is -1.93. The van der Waals surface area contributed by atoms with Gasteiger partial charge >= 0.3 is 6.09 Å². The summed E-state index contributed by atoms with van der Waals surface area (Å²) in [4.78, 5) is 21.8. The molecule has 18 heavy (non-hydrogen) atoms. The SMILES string of the molecule is O=C(O)NC1CC(=O)NC1c1cc(F)cc(F)c1. The van der Waals surface area contributed by atoms with Crippen LogP contribution in [-0.2, 0) is 4.79 Å². The Kier molecular flexibility index (Phi) is 3.14. The number of carboxylic acid groups (broad SMARTS) is 1. The van der Waals surface area contributed by atoms with E-state index in [-0.39, 0.29) is 17.9 Å². The van der Waals surface area contributed by atoms with Crippen molar-refractivity contribution >= 4 is 12.0 Å². The van der Waals surface area contributed by atoms with E-state index in [0.717, 1.165) is 12.1 Å². The number of carbonyl (C=O) groups excluding carboxylic acids is 1. The van der Waals surface area contributed by atoms with E-state index >= 15 is 0 Å². The second kappa shape index (κ2) is 4.59. The van der Waals surface area contributed by atoms with E-state index in [1.165, 1.54) is 0 Å². The van der Waals surface area contributed by atoms with Gasteiger partial charge in [0.2, 0.25) is 5.91 Å². The molecule has 0 spiro atoms. The van der Waals surface area contributed by atoms with Crippen molar-refractivity contribution in [2.45, 2.75) is 18.5 Å². The van der Waals surface area contributed by atoms with Gasteiger partial charge in [0.05, 0.1) is 12.1 Å². The number of rotatable bonds is 2. The zero-order chi connectivity index (χ0) is 13.3. The van der Waals surface area contributed by atoms with Crippen molar-refractivity contribution in [3.05, 3.63) is 35.4 Å². The van der Waals surface area contributed by atoms with Gasteiger partial charge in [-0.05, 0) is 17.7 Å². The van der Waals surface area contributed by atoms with Crippen LogP contribution in [0.5, 0.6) is 0 Å². The smallest absolute Gasteiger partial charge is 0.404 e. The van der Waals surface area contributed by atoms with Crippen LogP contribution in [0, 0.1) is 11.6 Å². The molecule has 5 nitrogen and oxygen atoms in total. The lowest BCUT2D eigenvalue weighted by molar-refractivity contribution is -0.119. The highest BCUT2D eigenvalue weighted by molar-refractivity contribution is 5.81. The number of hydrogen-bond donors (Lipinski definition) is 3. The molecule has 1 aliphatic heterocycles. The number of hydrogen-bond acceptors (Lipinski definition) is 2. The third kappa shape index (κ3) is 2.55. The Balaban J connectivity index is 2.29. The maximum atomic E-state index is 13.1. The molecular formula is C11H10F2N2O3. The molecule has 0 aliphatic carbocycles. The van der Waals surface area contributed by atoms with E-state index in [2.05, 4.69) is 10.6 Å². The quantitative estimate of drug-likeness (QED) is 0.743. The zero-order valence-corrected chi connectivity index (χ0v) is 9.11. The van der Waals surface area contributed by atoms with Gasteiger partial charge in [0.15, 0.2) is 0 Å². The molecule has 3 N–H and O–H groups in total. The van der Waals surface area contributed by atoms with Crippen LogP contribution < -0.4 is 10.6 Å². The van der Waals surface area contributed by atoms with E-state index in [4.69, 9.17) is 5.11 Å². The minimum atomic E-state index is -1.29. The number of amides is 2. The number of nitrogens with one attached hydrogen (secondary N) is 2. The fraction of sp³-hybridized carbons (Fsp3) is 0.273. The van der Waals surface area contributed by atoms with Crippen molar-refractivity contribution < 1.29 is 23.5 Å². The fourth-order valence-corrected chi connectivity index (χ4v) is 2.01. The maximum Gasteiger partial charge on any atom is 0.404 e. The van der Waals surface area contributed by atoms with Crippen molar-refractivity contribution in [3.8, 4) is 0 Å². The van der Waals surface area contributed by atoms with Gasteiger partial charge in [-0.15, -0.1) is 0 Å². The summed E-state index contributed by atoms with van der Waals surface area (Å²) in [6.07, 6.45) is -1.35. The summed E-state index contributed by atoms with van der Waals surface area (Å²) in [5.41, 5.74) is 0.192. The third-order valence-corrected chi connectivity index (χ3v) is 2.68. The molecule has 2 unspecified atom stereocenters. The topological polar surface area (TPSA) is 78.4 Å². The number of halogens is 2. The Hall–Kier alpha value is -2.18. The van der Waals surface area contributed by atoms with Crippen LogP contribution in [0.2, 0.25) is 0 Å². The van der Waals surface area contributed by atoms with Crippen LogP contribution in [0.3, 0.4) is 0 Å². The molecule has 1 heterocycles. The third-order valence-electron chi connectivity index (χ3n) is 2.68. The molecule has 2 rings (SSSR count). The minimum Gasteiger partial charge on any atom is -0.465 e. The summed E-state index contributed by atoms with van der Waals surface area (Å²) >= 11 is 0. The predicted molar refractivity (Wildman–Crippen MR) is 56.8 cm³/mol. The molecule has 0 aromatic heterocycles. The van der Waals surface area contributed by atoms with Crippen LogP contribution in [0.15, 0.2) is 18.2 Å². The molecule has 1 aromatic carbocycles. The highest BCUT2D eigenvalue weighted by atomic mass is 19.1. The molecule has 1 aromatic rings. The fourth-order valence-electron chi connectivity index (χ4n) is 2.01. The second-order valence-corrected chi connectivity index (χ2v) is 4.01. The number of benzene rings is 1. The number of carbonyl (C=O) groups is 2. The average molecular weight is 256 g/mol. The highest BCUT2D eigenvalue weighted by Crippen LogP contribution is 2.25. The zero-order valence-electron chi connectivity index (χ0n) is 9.11. The second-order valence-electron chi connectivity index (χ2n) is 4.01. The molecule has 2 atom stereocenters. The maximum absolute atomic E-state index is 13.1. The molecule has 0 bridgehead atoms. The standard InChI is InChI=1S/C11H10F2N2O3/c12-6-1-5(2-7(13)3-6)10-8(14-11(17)18)4-9(16)15-10/h1-3,8,10,14H,4H2,(H,15,16)(H,17,18). The lowest BCUT2D eigenvalue weighted by Crippen LogP contribution is -2.37. The van der Waals surface area contributed by atoms with E-state index in [9.17, 15) is 18.4 Å². The normalized spacial score (nSPS) is 22.7. The largest absolute Gasteiger partial charge is 0.465 e. The first-order chi connectivity index (χ1) is 8.45. The summed E-state index contributed by atoms with van der Waals surface area (Å²) in [7, 11) is 0. The van der Waals surface area contributed by atoms with Crippen LogP contribution in [0.4, 0.5) is 13.6 Å². The van der Waals surface area contributed by atoms with Crippen molar-refractivity contribution in [2.75, 3.05) is 0 Å². The van der Waals surface area contributed by atoms with Gasteiger partial charge in [0.1, 0.15) is 11.6 Å². The van der Waals surface area contributed by atoms with Gasteiger partial charge < -0.3 is 15.7 Å². The summed E-state index contributed by atoms with van der Waals surface area (Å²) in [5, 5.41) is 13.3. The van der Waals surface area contributed by atoms with Gasteiger partial charge in [-0.3, -0.25) is 4.79 Å². The first-order valence-electron chi connectivity index (χ1n) is 5.20. The lowest BCUT2D eigenvalue weighted by Gasteiger charge is -2.19. The Morgan fingerprint density at radius 3 is 2.50 bits per heavy atom. The van der Waals surface area contributed by atoms with Crippen molar-refractivity contribution in [1.82, 2.24) is 10.6 Å². The van der Waals surface area contributed by atoms with Crippen molar-refractivity contribution in [1.29, 1.82) is 0 Å². The van der Waals surface area contributed by atoms with E-state index in [1.54, 1.807) is 0 Å². The van der Waals surface area contributed by atoms with Gasteiger partial charge in [0.25, 0.3) is 0 Å². The van der Waals surface area contributed by atoms with Gasteiger partial charge in [-0.25, -0.2) is 13.6 Å². The lowest BCUT2D eigenvalue weighted by atomic mass is 10.0.